The third kappa shape index (κ3) is 4.37. The lowest BCUT2D eigenvalue weighted by atomic mass is 9.80. The summed E-state index contributed by atoms with van der Waals surface area (Å²) >= 11 is 5.87. The van der Waals surface area contributed by atoms with Gasteiger partial charge < -0.3 is 15.2 Å². The van der Waals surface area contributed by atoms with Gasteiger partial charge in [0.05, 0.1) is 5.60 Å². The Labute approximate surface area is 159 Å². The molecule has 0 fully saturated rings. The van der Waals surface area contributed by atoms with E-state index in [2.05, 4.69) is 11.4 Å². The fourth-order valence-electron chi connectivity index (χ4n) is 3.24. The van der Waals surface area contributed by atoms with Crippen LogP contribution in [0.3, 0.4) is 0 Å². The van der Waals surface area contributed by atoms with Crippen molar-refractivity contribution in [3.05, 3.63) is 64.7 Å². The SMILES string of the molecule is CC(C)(Oc1ccc(Cl)cc1)C(=O)NCC1(O)CCc2ccccc2C1. The second kappa shape index (κ2) is 7.29. The van der Waals surface area contributed by atoms with Gasteiger partial charge in [-0.1, -0.05) is 35.9 Å². The molecule has 0 bridgehead atoms. The van der Waals surface area contributed by atoms with E-state index in [0.29, 0.717) is 23.6 Å². The Bertz CT molecular complexity index is 788. The second-order valence-corrected chi connectivity index (χ2v) is 7.86. The van der Waals surface area contributed by atoms with Crippen molar-refractivity contribution in [2.24, 2.45) is 0 Å². The number of nitrogens with one attached hydrogen (secondary N) is 1. The van der Waals surface area contributed by atoms with Crippen LogP contribution in [-0.2, 0) is 17.6 Å². The van der Waals surface area contributed by atoms with E-state index in [9.17, 15) is 9.90 Å². The van der Waals surface area contributed by atoms with Gasteiger partial charge in [0.25, 0.3) is 5.91 Å². The average molecular weight is 374 g/mol. The lowest BCUT2D eigenvalue weighted by Crippen LogP contribution is -2.53. The zero-order chi connectivity index (χ0) is 18.8. The van der Waals surface area contributed by atoms with E-state index in [-0.39, 0.29) is 12.5 Å². The van der Waals surface area contributed by atoms with Crippen LogP contribution in [0.15, 0.2) is 48.5 Å². The van der Waals surface area contributed by atoms with Gasteiger partial charge >= 0.3 is 0 Å². The van der Waals surface area contributed by atoms with Gasteiger partial charge in [-0.05, 0) is 62.1 Å². The number of rotatable bonds is 5. The van der Waals surface area contributed by atoms with Crippen LogP contribution >= 0.6 is 11.6 Å². The molecule has 138 valence electrons. The number of carbonyl (C=O) groups excluding carboxylic acids is 1. The molecule has 26 heavy (non-hydrogen) atoms. The van der Waals surface area contributed by atoms with Gasteiger partial charge in [0.2, 0.25) is 0 Å². The number of hydrogen-bond donors (Lipinski definition) is 2. The standard InChI is InChI=1S/C21H24ClNO3/c1-20(2,26-18-9-7-17(22)8-10-18)19(24)23-14-21(25)12-11-15-5-3-4-6-16(15)13-21/h3-10,25H,11-14H2,1-2H3,(H,23,24). The molecule has 0 radical (unpaired) electrons. The van der Waals surface area contributed by atoms with Gasteiger partial charge in [-0.2, -0.15) is 0 Å². The summed E-state index contributed by atoms with van der Waals surface area (Å²) in [6.45, 7) is 3.61. The monoisotopic (exact) mass is 373 g/mol. The number of fused-ring (bicyclic) bond motifs is 1. The molecule has 2 aromatic carbocycles. The quantitative estimate of drug-likeness (QED) is 0.842. The molecular weight excluding hydrogens is 350 g/mol. The van der Waals surface area contributed by atoms with Gasteiger partial charge in [0, 0.05) is 18.0 Å². The highest BCUT2D eigenvalue weighted by Gasteiger charge is 2.35. The zero-order valence-electron chi connectivity index (χ0n) is 15.1. The van der Waals surface area contributed by atoms with Gasteiger partial charge in [-0.15, -0.1) is 0 Å². The summed E-state index contributed by atoms with van der Waals surface area (Å²) in [5.74, 6) is 0.305. The van der Waals surface area contributed by atoms with Gasteiger partial charge in [-0.3, -0.25) is 4.79 Å². The number of ether oxygens (including phenoxy) is 1. The van der Waals surface area contributed by atoms with Crippen molar-refractivity contribution in [1.82, 2.24) is 5.32 Å². The highest BCUT2D eigenvalue weighted by Crippen LogP contribution is 2.28. The molecule has 1 aliphatic carbocycles. The molecule has 4 nitrogen and oxygen atoms in total. The predicted molar refractivity (Wildman–Crippen MR) is 103 cm³/mol. The van der Waals surface area contributed by atoms with E-state index in [0.717, 1.165) is 12.0 Å². The van der Waals surface area contributed by atoms with E-state index in [1.54, 1.807) is 38.1 Å². The van der Waals surface area contributed by atoms with E-state index in [1.807, 2.05) is 18.2 Å². The Morgan fingerprint density at radius 1 is 1.19 bits per heavy atom. The predicted octanol–water partition coefficient (Wildman–Crippen LogP) is 3.53. The third-order valence-corrected chi connectivity index (χ3v) is 5.06. The summed E-state index contributed by atoms with van der Waals surface area (Å²) in [6.07, 6.45) is 1.98. The molecule has 0 saturated heterocycles. The number of amides is 1. The summed E-state index contributed by atoms with van der Waals surface area (Å²) in [5, 5.41) is 14.3. The number of aliphatic hydroxyl groups is 1. The Morgan fingerprint density at radius 2 is 1.85 bits per heavy atom. The first-order valence-corrected chi connectivity index (χ1v) is 9.17. The van der Waals surface area contributed by atoms with Gasteiger partial charge in [-0.25, -0.2) is 0 Å². The topological polar surface area (TPSA) is 58.6 Å². The molecule has 2 aromatic rings. The minimum absolute atomic E-state index is 0.202. The molecule has 0 spiro atoms. The number of benzene rings is 2. The largest absolute Gasteiger partial charge is 0.478 e. The molecule has 2 N–H and O–H groups in total. The van der Waals surface area contributed by atoms with Crippen LogP contribution in [0.2, 0.25) is 5.02 Å². The van der Waals surface area contributed by atoms with Crippen molar-refractivity contribution in [2.75, 3.05) is 6.54 Å². The molecular formula is C21H24ClNO3. The Morgan fingerprint density at radius 3 is 2.54 bits per heavy atom. The average Bonchev–Trinajstić information content (AvgIpc) is 2.61. The molecule has 0 aromatic heterocycles. The van der Waals surface area contributed by atoms with Crippen molar-refractivity contribution in [2.45, 2.75) is 44.3 Å². The van der Waals surface area contributed by atoms with E-state index >= 15 is 0 Å². The molecule has 0 aliphatic heterocycles. The minimum atomic E-state index is -1.06. The van der Waals surface area contributed by atoms with Crippen molar-refractivity contribution in [1.29, 1.82) is 0 Å². The van der Waals surface area contributed by atoms with Gasteiger partial charge in [0.1, 0.15) is 5.75 Å². The highest BCUT2D eigenvalue weighted by atomic mass is 35.5. The van der Waals surface area contributed by atoms with E-state index < -0.39 is 11.2 Å². The Balaban J connectivity index is 1.60. The van der Waals surface area contributed by atoms with Crippen LogP contribution in [0, 0.1) is 0 Å². The summed E-state index contributed by atoms with van der Waals surface area (Å²) in [6, 6.07) is 15.0. The lowest BCUT2D eigenvalue weighted by Gasteiger charge is -2.35. The summed E-state index contributed by atoms with van der Waals surface area (Å²) < 4.78 is 5.80. The Hall–Kier alpha value is -2.04. The molecule has 3 rings (SSSR count). The van der Waals surface area contributed by atoms with Crippen molar-refractivity contribution in [3.63, 3.8) is 0 Å². The maximum Gasteiger partial charge on any atom is 0.263 e. The van der Waals surface area contributed by atoms with E-state index in [1.165, 1.54) is 5.56 Å². The maximum absolute atomic E-state index is 12.6. The Kier molecular flexibility index (Phi) is 5.26. The van der Waals surface area contributed by atoms with E-state index in [4.69, 9.17) is 16.3 Å². The molecule has 1 amide bonds. The molecule has 1 aliphatic rings. The van der Waals surface area contributed by atoms with Crippen molar-refractivity contribution in [3.8, 4) is 5.75 Å². The fraction of sp³-hybridized carbons (Fsp3) is 0.381. The van der Waals surface area contributed by atoms with Crippen LogP contribution in [0.4, 0.5) is 0 Å². The minimum Gasteiger partial charge on any atom is -0.478 e. The van der Waals surface area contributed by atoms with Crippen LogP contribution < -0.4 is 10.1 Å². The first kappa shape index (κ1) is 18.7. The lowest BCUT2D eigenvalue weighted by molar-refractivity contribution is -0.135. The highest BCUT2D eigenvalue weighted by molar-refractivity contribution is 6.30. The second-order valence-electron chi connectivity index (χ2n) is 7.42. The zero-order valence-corrected chi connectivity index (χ0v) is 15.8. The number of hydrogen-bond acceptors (Lipinski definition) is 3. The summed E-state index contributed by atoms with van der Waals surface area (Å²) in [7, 11) is 0. The first-order chi connectivity index (χ1) is 12.3. The molecule has 1 unspecified atom stereocenters. The van der Waals surface area contributed by atoms with Crippen molar-refractivity contribution < 1.29 is 14.6 Å². The smallest absolute Gasteiger partial charge is 0.263 e. The number of aryl methyl sites for hydroxylation is 1. The van der Waals surface area contributed by atoms with Crippen LogP contribution in [0.5, 0.6) is 5.75 Å². The normalized spacial score (nSPS) is 19.5. The molecule has 5 heteroatoms. The third-order valence-electron chi connectivity index (χ3n) is 4.81. The summed E-state index contributed by atoms with van der Waals surface area (Å²) in [4.78, 5) is 12.6. The maximum atomic E-state index is 12.6. The van der Waals surface area contributed by atoms with Crippen LogP contribution in [0.25, 0.3) is 0 Å². The van der Waals surface area contributed by atoms with Gasteiger partial charge in [0.15, 0.2) is 5.60 Å². The molecule has 0 saturated carbocycles. The number of carbonyl (C=O) groups is 1. The first-order valence-electron chi connectivity index (χ1n) is 8.79. The summed E-state index contributed by atoms with van der Waals surface area (Å²) in [5.41, 5.74) is 0.430. The van der Waals surface area contributed by atoms with Crippen molar-refractivity contribution >= 4 is 17.5 Å². The molecule has 1 atom stereocenters. The van der Waals surface area contributed by atoms with Crippen LogP contribution in [0.1, 0.15) is 31.4 Å². The fourth-order valence-corrected chi connectivity index (χ4v) is 3.36. The van der Waals surface area contributed by atoms with Crippen LogP contribution in [-0.4, -0.2) is 28.8 Å². The number of halogens is 1. The molecule has 0 heterocycles.